The Bertz CT molecular complexity index is 524. The monoisotopic (exact) mass is 332 g/mol. The minimum atomic E-state index is -0.0666. The van der Waals surface area contributed by atoms with Crippen LogP contribution in [0.5, 0.6) is 0 Å². The zero-order valence-electron chi connectivity index (χ0n) is 9.78. The summed E-state index contributed by atoms with van der Waals surface area (Å²) in [5, 5.41) is -0.0666. The highest BCUT2D eigenvalue weighted by molar-refractivity contribution is 9.10. The number of aromatic nitrogens is 2. The third-order valence-electron chi connectivity index (χ3n) is 2.61. The summed E-state index contributed by atoms with van der Waals surface area (Å²) in [7, 11) is 0. The van der Waals surface area contributed by atoms with Crippen LogP contribution in [0.1, 0.15) is 18.1 Å². The first-order valence-electron chi connectivity index (χ1n) is 5.42. The van der Waals surface area contributed by atoms with E-state index in [4.69, 9.17) is 11.6 Å². The molecule has 0 amide bonds. The Balaban J connectivity index is 2.54. The van der Waals surface area contributed by atoms with Crippen molar-refractivity contribution in [2.24, 2.45) is 0 Å². The minimum Gasteiger partial charge on any atom is -0.326 e. The lowest BCUT2D eigenvalue weighted by molar-refractivity contribution is 0.724. The largest absolute Gasteiger partial charge is 0.326 e. The summed E-state index contributed by atoms with van der Waals surface area (Å²) in [6.07, 6.45) is 2.11. The second kappa shape index (κ2) is 5.63. The van der Waals surface area contributed by atoms with E-state index in [2.05, 4.69) is 37.8 Å². The molecule has 17 heavy (non-hydrogen) atoms. The molecule has 5 heteroatoms. The van der Waals surface area contributed by atoms with Gasteiger partial charge in [-0.2, -0.15) is 11.8 Å². The lowest BCUT2D eigenvalue weighted by atomic mass is 10.3. The predicted octanol–water partition coefficient (Wildman–Crippen LogP) is 4.46. The predicted molar refractivity (Wildman–Crippen MR) is 80.1 cm³/mol. The first-order chi connectivity index (χ1) is 8.13. The van der Waals surface area contributed by atoms with Gasteiger partial charge in [0.25, 0.3) is 0 Å². The van der Waals surface area contributed by atoms with Crippen molar-refractivity contribution < 1.29 is 0 Å². The van der Waals surface area contributed by atoms with Crippen molar-refractivity contribution in [3.63, 3.8) is 0 Å². The molecule has 2 aromatic rings. The van der Waals surface area contributed by atoms with Crippen LogP contribution >= 0.6 is 39.3 Å². The van der Waals surface area contributed by atoms with Gasteiger partial charge in [0, 0.05) is 16.8 Å². The average Bonchev–Trinajstić information content (AvgIpc) is 2.64. The number of aryl methyl sites for hydroxylation is 1. The molecule has 0 spiro atoms. The van der Waals surface area contributed by atoms with E-state index in [1.165, 1.54) is 0 Å². The van der Waals surface area contributed by atoms with Gasteiger partial charge in [0.2, 0.25) is 0 Å². The molecule has 1 heterocycles. The van der Waals surface area contributed by atoms with E-state index in [0.29, 0.717) is 0 Å². The van der Waals surface area contributed by atoms with Crippen LogP contribution in [-0.2, 0) is 6.54 Å². The first kappa shape index (κ1) is 13.2. The highest BCUT2D eigenvalue weighted by atomic mass is 79.9. The summed E-state index contributed by atoms with van der Waals surface area (Å²) in [5.74, 6) is 2.02. The quantitative estimate of drug-likeness (QED) is 0.769. The Kier molecular flexibility index (Phi) is 4.39. The Morgan fingerprint density at radius 3 is 2.94 bits per heavy atom. The summed E-state index contributed by atoms with van der Waals surface area (Å²) in [4.78, 5) is 4.62. The molecule has 0 saturated heterocycles. The number of halogens is 2. The summed E-state index contributed by atoms with van der Waals surface area (Å²) >= 11 is 11.5. The third kappa shape index (κ3) is 2.80. The number of rotatable bonds is 4. The Morgan fingerprint density at radius 2 is 2.29 bits per heavy atom. The number of fused-ring (bicyclic) bond motifs is 1. The zero-order chi connectivity index (χ0) is 12.4. The van der Waals surface area contributed by atoms with Gasteiger partial charge in [0.1, 0.15) is 5.82 Å². The maximum Gasteiger partial charge on any atom is 0.127 e. The molecule has 0 fully saturated rings. The maximum atomic E-state index is 6.20. The smallest absolute Gasteiger partial charge is 0.127 e. The van der Waals surface area contributed by atoms with E-state index >= 15 is 0 Å². The fourth-order valence-electron chi connectivity index (χ4n) is 1.84. The van der Waals surface area contributed by atoms with Gasteiger partial charge in [0.15, 0.2) is 0 Å². The Labute approximate surface area is 119 Å². The average molecular weight is 334 g/mol. The van der Waals surface area contributed by atoms with E-state index in [1.54, 1.807) is 0 Å². The molecule has 0 saturated carbocycles. The van der Waals surface area contributed by atoms with Crippen LogP contribution in [0.25, 0.3) is 11.0 Å². The number of alkyl halides is 1. The van der Waals surface area contributed by atoms with Crippen molar-refractivity contribution in [2.45, 2.75) is 18.8 Å². The molecule has 0 aliphatic heterocycles. The Hall–Kier alpha value is -0.190. The van der Waals surface area contributed by atoms with Crippen LogP contribution in [0, 0.1) is 0 Å². The molecule has 0 aliphatic carbocycles. The van der Waals surface area contributed by atoms with E-state index in [1.807, 2.05) is 30.8 Å². The van der Waals surface area contributed by atoms with Gasteiger partial charge in [-0.15, -0.1) is 11.6 Å². The molecule has 0 N–H and O–H groups in total. The fraction of sp³-hybridized carbons (Fsp3) is 0.417. The summed E-state index contributed by atoms with van der Waals surface area (Å²) < 4.78 is 3.27. The SMILES string of the molecule is CSCCn1c(C(C)Cl)nc2cc(Br)ccc21. The topological polar surface area (TPSA) is 17.8 Å². The van der Waals surface area contributed by atoms with Crippen LogP contribution in [-0.4, -0.2) is 21.6 Å². The van der Waals surface area contributed by atoms with Crippen molar-refractivity contribution in [1.29, 1.82) is 0 Å². The molecule has 2 nitrogen and oxygen atoms in total. The highest BCUT2D eigenvalue weighted by Crippen LogP contribution is 2.26. The Morgan fingerprint density at radius 1 is 1.53 bits per heavy atom. The normalized spacial score (nSPS) is 13.2. The molecule has 2 rings (SSSR count). The molecule has 1 atom stereocenters. The molecule has 92 valence electrons. The van der Waals surface area contributed by atoms with Crippen molar-refractivity contribution in [3.05, 3.63) is 28.5 Å². The molecule has 1 unspecified atom stereocenters. The van der Waals surface area contributed by atoms with Gasteiger partial charge in [-0.1, -0.05) is 15.9 Å². The van der Waals surface area contributed by atoms with Gasteiger partial charge in [0.05, 0.1) is 16.4 Å². The van der Waals surface area contributed by atoms with Crippen molar-refractivity contribution in [1.82, 2.24) is 9.55 Å². The van der Waals surface area contributed by atoms with E-state index in [9.17, 15) is 0 Å². The van der Waals surface area contributed by atoms with Gasteiger partial charge in [-0.3, -0.25) is 0 Å². The van der Waals surface area contributed by atoms with Crippen LogP contribution in [0.3, 0.4) is 0 Å². The van der Waals surface area contributed by atoms with E-state index in [-0.39, 0.29) is 5.38 Å². The number of nitrogens with zero attached hydrogens (tertiary/aromatic N) is 2. The van der Waals surface area contributed by atoms with Crippen molar-refractivity contribution >= 4 is 50.3 Å². The van der Waals surface area contributed by atoms with Crippen LogP contribution < -0.4 is 0 Å². The van der Waals surface area contributed by atoms with E-state index in [0.717, 1.165) is 33.6 Å². The standard InChI is InChI=1S/C12H14BrClN2S/c1-8(14)12-15-10-7-9(13)3-4-11(10)16(12)5-6-17-2/h3-4,7-8H,5-6H2,1-2H3. The fourth-order valence-corrected chi connectivity index (χ4v) is 2.72. The van der Waals surface area contributed by atoms with Crippen LogP contribution in [0.15, 0.2) is 22.7 Å². The van der Waals surface area contributed by atoms with Crippen molar-refractivity contribution in [2.75, 3.05) is 12.0 Å². The number of hydrogen-bond acceptors (Lipinski definition) is 2. The van der Waals surface area contributed by atoms with E-state index < -0.39 is 0 Å². The van der Waals surface area contributed by atoms with Gasteiger partial charge in [-0.05, 0) is 31.4 Å². The van der Waals surface area contributed by atoms with Crippen LogP contribution in [0.2, 0.25) is 0 Å². The highest BCUT2D eigenvalue weighted by Gasteiger charge is 2.14. The lowest BCUT2D eigenvalue weighted by Crippen LogP contribution is -2.06. The molecule has 1 aromatic heterocycles. The number of imidazole rings is 1. The first-order valence-corrected chi connectivity index (χ1v) is 8.04. The lowest BCUT2D eigenvalue weighted by Gasteiger charge is -2.09. The summed E-state index contributed by atoms with van der Waals surface area (Å²) in [6.45, 7) is 2.92. The molecule has 0 radical (unpaired) electrons. The molecule has 1 aromatic carbocycles. The molecular formula is C12H14BrClN2S. The van der Waals surface area contributed by atoms with Gasteiger partial charge in [-0.25, -0.2) is 4.98 Å². The summed E-state index contributed by atoms with van der Waals surface area (Å²) in [6, 6.07) is 6.17. The van der Waals surface area contributed by atoms with Crippen LogP contribution in [0.4, 0.5) is 0 Å². The zero-order valence-corrected chi connectivity index (χ0v) is 12.9. The molecule has 0 bridgehead atoms. The number of hydrogen-bond donors (Lipinski definition) is 0. The molecule has 0 aliphatic rings. The second-order valence-corrected chi connectivity index (χ2v) is 6.42. The summed E-state index contributed by atoms with van der Waals surface area (Å²) in [5.41, 5.74) is 2.16. The number of benzene rings is 1. The van der Waals surface area contributed by atoms with Gasteiger partial charge >= 0.3 is 0 Å². The number of thioether (sulfide) groups is 1. The minimum absolute atomic E-state index is 0.0666. The second-order valence-electron chi connectivity index (χ2n) is 3.86. The van der Waals surface area contributed by atoms with Crippen molar-refractivity contribution in [3.8, 4) is 0 Å². The third-order valence-corrected chi connectivity index (χ3v) is 3.89. The maximum absolute atomic E-state index is 6.20. The molecular weight excluding hydrogens is 320 g/mol. The van der Waals surface area contributed by atoms with Gasteiger partial charge < -0.3 is 4.57 Å².